The summed E-state index contributed by atoms with van der Waals surface area (Å²) in [5.41, 5.74) is 0. The van der Waals surface area contributed by atoms with Crippen molar-refractivity contribution < 1.29 is 19.1 Å². The monoisotopic (exact) mass is 279 g/mol. The zero-order valence-corrected chi connectivity index (χ0v) is 11.7. The maximum absolute atomic E-state index is 12.5. The standard InChI is InChI=1S/C15H21NO4/c17-13-11-2-1-3-12(11)14(18)16(13)10-4-6-15(7-5-10)19-8-9-20-15/h10-12H,1-9H2. The van der Waals surface area contributed by atoms with Gasteiger partial charge in [0.1, 0.15) is 0 Å². The lowest BCUT2D eigenvalue weighted by Gasteiger charge is -2.38. The maximum Gasteiger partial charge on any atom is 0.233 e. The summed E-state index contributed by atoms with van der Waals surface area (Å²) in [6.45, 7) is 1.33. The molecule has 0 radical (unpaired) electrons. The number of carbonyl (C=O) groups is 2. The van der Waals surface area contributed by atoms with Crippen LogP contribution in [0.5, 0.6) is 0 Å². The van der Waals surface area contributed by atoms with Gasteiger partial charge in [0.2, 0.25) is 11.8 Å². The number of carbonyl (C=O) groups excluding carboxylic acids is 2. The van der Waals surface area contributed by atoms with Gasteiger partial charge in [-0.05, 0) is 25.7 Å². The molecule has 2 atom stereocenters. The van der Waals surface area contributed by atoms with Crippen LogP contribution in [0.1, 0.15) is 44.9 Å². The fraction of sp³-hybridized carbons (Fsp3) is 0.867. The molecule has 5 heteroatoms. The topological polar surface area (TPSA) is 55.8 Å². The van der Waals surface area contributed by atoms with Crippen LogP contribution in [0, 0.1) is 11.8 Å². The van der Waals surface area contributed by atoms with Gasteiger partial charge in [0.25, 0.3) is 0 Å². The molecule has 0 N–H and O–H groups in total. The van der Waals surface area contributed by atoms with Crippen molar-refractivity contribution in [3.63, 3.8) is 0 Å². The van der Waals surface area contributed by atoms with E-state index in [1.165, 1.54) is 0 Å². The predicted molar refractivity (Wildman–Crippen MR) is 69.6 cm³/mol. The molecular weight excluding hydrogens is 258 g/mol. The molecular formula is C15H21NO4. The lowest BCUT2D eigenvalue weighted by atomic mass is 9.89. The first-order valence-corrected chi connectivity index (χ1v) is 7.85. The molecule has 5 nitrogen and oxygen atoms in total. The number of fused-ring (bicyclic) bond motifs is 1. The van der Waals surface area contributed by atoms with Crippen molar-refractivity contribution in [3.8, 4) is 0 Å². The summed E-state index contributed by atoms with van der Waals surface area (Å²) >= 11 is 0. The molecule has 2 saturated heterocycles. The number of rotatable bonds is 1. The predicted octanol–water partition coefficient (Wildman–Crippen LogP) is 1.46. The van der Waals surface area contributed by atoms with Crippen molar-refractivity contribution in [2.75, 3.05) is 13.2 Å². The summed E-state index contributed by atoms with van der Waals surface area (Å²) in [7, 11) is 0. The highest BCUT2D eigenvalue weighted by Gasteiger charge is 2.53. The first-order valence-electron chi connectivity index (χ1n) is 7.85. The minimum atomic E-state index is -0.418. The number of likely N-dealkylation sites (tertiary alicyclic amines) is 1. The molecule has 2 heterocycles. The van der Waals surface area contributed by atoms with E-state index in [9.17, 15) is 9.59 Å². The van der Waals surface area contributed by atoms with E-state index in [0.717, 1.165) is 44.9 Å². The van der Waals surface area contributed by atoms with Crippen molar-refractivity contribution in [3.05, 3.63) is 0 Å². The minimum Gasteiger partial charge on any atom is -0.348 e. The Bertz CT molecular complexity index is 411. The molecule has 1 spiro atoms. The molecule has 0 aromatic rings. The largest absolute Gasteiger partial charge is 0.348 e. The van der Waals surface area contributed by atoms with Gasteiger partial charge in [-0.25, -0.2) is 0 Å². The number of ether oxygens (including phenoxy) is 2. The third-order valence-electron chi connectivity index (χ3n) is 5.52. The number of amides is 2. The van der Waals surface area contributed by atoms with E-state index >= 15 is 0 Å². The number of hydrogen-bond donors (Lipinski definition) is 0. The molecule has 2 aliphatic heterocycles. The van der Waals surface area contributed by atoms with Crippen LogP contribution in [-0.4, -0.2) is 41.8 Å². The van der Waals surface area contributed by atoms with Gasteiger partial charge in [0.15, 0.2) is 5.79 Å². The Morgan fingerprint density at radius 2 is 1.45 bits per heavy atom. The zero-order chi connectivity index (χ0) is 13.7. The quantitative estimate of drug-likeness (QED) is 0.682. The van der Waals surface area contributed by atoms with Gasteiger partial charge in [-0.15, -0.1) is 0 Å². The highest BCUT2D eigenvalue weighted by molar-refractivity contribution is 6.05. The summed E-state index contributed by atoms with van der Waals surface area (Å²) < 4.78 is 11.4. The number of nitrogens with zero attached hydrogens (tertiary/aromatic N) is 1. The van der Waals surface area contributed by atoms with Gasteiger partial charge < -0.3 is 9.47 Å². The smallest absolute Gasteiger partial charge is 0.233 e. The van der Waals surface area contributed by atoms with Crippen LogP contribution in [0.3, 0.4) is 0 Å². The average Bonchev–Trinajstić information content (AvgIpc) is 3.14. The van der Waals surface area contributed by atoms with Crippen LogP contribution in [0.4, 0.5) is 0 Å². The lowest BCUT2D eigenvalue weighted by Crippen LogP contribution is -2.47. The molecule has 0 aromatic heterocycles. The third-order valence-corrected chi connectivity index (χ3v) is 5.52. The van der Waals surface area contributed by atoms with Gasteiger partial charge in [-0.3, -0.25) is 14.5 Å². The van der Waals surface area contributed by atoms with Gasteiger partial charge in [0, 0.05) is 18.9 Å². The molecule has 4 aliphatic rings. The average molecular weight is 279 g/mol. The number of imide groups is 1. The molecule has 0 bridgehead atoms. The summed E-state index contributed by atoms with van der Waals surface area (Å²) in [6.07, 6.45) is 6.04. The van der Waals surface area contributed by atoms with Crippen LogP contribution in [-0.2, 0) is 19.1 Å². The van der Waals surface area contributed by atoms with Crippen LogP contribution in [0.2, 0.25) is 0 Å². The fourth-order valence-corrected chi connectivity index (χ4v) is 4.46. The summed E-state index contributed by atoms with van der Waals surface area (Å²) in [4.78, 5) is 26.5. The summed E-state index contributed by atoms with van der Waals surface area (Å²) in [5.74, 6) is -0.272. The van der Waals surface area contributed by atoms with Crippen LogP contribution >= 0.6 is 0 Å². The molecule has 110 valence electrons. The first kappa shape index (κ1) is 12.8. The Morgan fingerprint density at radius 1 is 0.900 bits per heavy atom. The Morgan fingerprint density at radius 3 is 2.00 bits per heavy atom. The van der Waals surface area contributed by atoms with E-state index in [4.69, 9.17) is 9.47 Å². The van der Waals surface area contributed by atoms with Crippen LogP contribution in [0.25, 0.3) is 0 Å². The Kier molecular flexibility index (Phi) is 2.89. The molecule has 2 saturated carbocycles. The number of hydrogen-bond acceptors (Lipinski definition) is 4. The van der Waals surface area contributed by atoms with Crippen molar-refractivity contribution in [1.82, 2.24) is 4.90 Å². The molecule has 0 aromatic carbocycles. The molecule has 4 rings (SSSR count). The highest BCUT2D eigenvalue weighted by Crippen LogP contribution is 2.44. The fourth-order valence-electron chi connectivity index (χ4n) is 4.46. The van der Waals surface area contributed by atoms with E-state index < -0.39 is 5.79 Å². The maximum atomic E-state index is 12.5. The van der Waals surface area contributed by atoms with Gasteiger partial charge in [-0.2, -0.15) is 0 Å². The van der Waals surface area contributed by atoms with E-state index in [-0.39, 0.29) is 29.7 Å². The lowest BCUT2D eigenvalue weighted by molar-refractivity contribution is -0.186. The van der Waals surface area contributed by atoms with Gasteiger partial charge in [-0.1, -0.05) is 6.42 Å². The third kappa shape index (κ3) is 1.76. The Hall–Kier alpha value is -0.940. The van der Waals surface area contributed by atoms with Gasteiger partial charge in [0.05, 0.1) is 25.0 Å². The zero-order valence-electron chi connectivity index (χ0n) is 11.7. The Labute approximate surface area is 118 Å². The molecule has 2 amide bonds. The van der Waals surface area contributed by atoms with Crippen LogP contribution in [0.15, 0.2) is 0 Å². The Balaban J connectivity index is 1.47. The first-order chi connectivity index (χ1) is 9.70. The SMILES string of the molecule is O=C1C2CCCC2C(=O)N1C1CCC2(CC1)OCCO2. The summed E-state index contributed by atoms with van der Waals surface area (Å²) in [5, 5.41) is 0. The normalized spacial score (nSPS) is 37.1. The van der Waals surface area contributed by atoms with Gasteiger partial charge >= 0.3 is 0 Å². The van der Waals surface area contributed by atoms with Crippen LogP contribution < -0.4 is 0 Å². The second-order valence-electron chi connectivity index (χ2n) is 6.53. The molecule has 20 heavy (non-hydrogen) atoms. The van der Waals surface area contributed by atoms with Crippen molar-refractivity contribution in [2.45, 2.75) is 56.8 Å². The van der Waals surface area contributed by atoms with E-state index in [1.54, 1.807) is 4.90 Å². The highest BCUT2D eigenvalue weighted by atomic mass is 16.7. The second kappa shape index (κ2) is 4.53. The minimum absolute atomic E-state index is 0.0163. The van der Waals surface area contributed by atoms with Crippen molar-refractivity contribution >= 4 is 11.8 Å². The van der Waals surface area contributed by atoms with E-state index in [2.05, 4.69) is 0 Å². The van der Waals surface area contributed by atoms with Crippen molar-refractivity contribution in [2.24, 2.45) is 11.8 Å². The molecule has 2 aliphatic carbocycles. The van der Waals surface area contributed by atoms with E-state index in [1.807, 2.05) is 0 Å². The van der Waals surface area contributed by atoms with Crippen molar-refractivity contribution in [1.29, 1.82) is 0 Å². The van der Waals surface area contributed by atoms with E-state index in [0.29, 0.717) is 13.2 Å². The second-order valence-corrected chi connectivity index (χ2v) is 6.53. The summed E-state index contributed by atoms with van der Waals surface area (Å²) in [6, 6.07) is 0.0685. The molecule has 2 unspecified atom stereocenters. The molecule has 4 fully saturated rings.